The molecule has 2 aromatic carbocycles. The Morgan fingerprint density at radius 3 is 2.23 bits per heavy atom. The summed E-state index contributed by atoms with van der Waals surface area (Å²) in [6, 6.07) is 9.20. The second kappa shape index (κ2) is 10.3. The van der Waals surface area contributed by atoms with Gasteiger partial charge in [0.1, 0.15) is 11.9 Å². The second-order valence-corrected chi connectivity index (χ2v) is 11.8. The molecule has 0 aromatic heterocycles. The van der Waals surface area contributed by atoms with Gasteiger partial charge in [0, 0.05) is 30.6 Å². The number of halogens is 1. The average molecular weight is 585 g/mol. The van der Waals surface area contributed by atoms with Crippen LogP contribution in [0.3, 0.4) is 0 Å². The third-order valence-electron chi connectivity index (χ3n) is 9.32. The van der Waals surface area contributed by atoms with Crippen LogP contribution in [-0.2, 0) is 14.4 Å². The van der Waals surface area contributed by atoms with E-state index in [2.05, 4.69) is 5.32 Å². The van der Waals surface area contributed by atoms with Crippen LogP contribution < -0.4 is 5.32 Å². The molecule has 6 amide bonds. The largest absolute Gasteiger partial charge is 0.335 e. The molecule has 2 aromatic rings. The Kier molecular flexibility index (Phi) is 6.48. The van der Waals surface area contributed by atoms with Crippen molar-refractivity contribution >= 4 is 41.0 Å². The number of allylic oxidation sites excluding steroid dienone is 1. The Morgan fingerprint density at radius 1 is 0.814 bits per heavy atom. The van der Waals surface area contributed by atoms with Crippen LogP contribution in [0.25, 0.3) is 5.57 Å². The van der Waals surface area contributed by atoms with Gasteiger partial charge in [-0.2, -0.15) is 0 Å². The molecule has 6 aliphatic rings. The smallest absolute Gasteiger partial charge is 0.262 e. The summed E-state index contributed by atoms with van der Waals surface area (Å²) < 4.78 is 13.5. The lowest BCUT2D eigenvalue weighted by Crippen LogP contribution is -2.70. The highest BCUT2D eigenvalue weighted by Gasteiger charge is 2.50. The van der Waals surface area contributed by atoms with Crippen LogP contribution in [0, 0.1) is 5.82 Å². The van der Waals surface area contributed by atoms with E-state index in [4.69, 9.17) is 0 Å². The highest BCUT2D eigenvalue weighted by molar-refractivity contribution is 6.24. The predicted molar refractivity (Wildman–Crippen MR) is 150 cm³/mol. The van der Waals surface area contributed by atoms with Crippen LogP contribution >= 0.6 is 0 Å². The summed E-state index contributed by atoms with van der Waals surface area (Å²) in [5.74, 6) is -3.06. The third kappa shape index (κ3) is 4.45. The number of imide groups is 2. The Bertz CT molecular complexity index is 1640. The van der Waals surface area contributed by atoms with E-state index in [9.17, 15) is 33.2 Å². The van der Waals surface area contributed by atoms with E-state index in [1.807, 2.05) is 4.90 Å². The molecule has 0 spiro atoms. The van der Waals surface area contributed by atoms with Crippen molar-refractivity contribution in [3.63, 3.8) is 0 Å². The van der Waals surface area contributed by atoms with Crippen LogP contribution in [0.5, 0.6) is 0 Å². The minimum absolute atomic E-state index is 0.0235. The first-order chi connectivity index (χ1) is 20.7. The van der Waals surface area contributed by atoms with Crippen molar-refractivity contribution in [3.05, 3.63) is 76.1 Å². The molecule has 3 atom stereocenters. The highest BCUT2D eigenvalue weighted by Crippen LogP contribution is 2.38. The first kappa shape index (κ1) is 27.2. The van der Waals surface area contributed by atoms with Crippen molar-refractivity contribution in [1.29, 1.82) is 0 Å². The van der Waals surface area contributed by atoms with Gasteiger partial charge in [-0.1, -0.05) is 12.1 Å². The van der Waals surface area contributed by atoms with Crippen molar-refractivity contribution in [1.82, 2.24) is 20.0 Å². The second-order valence-electron chi connectivity index (χ2n) is 11.8. The number of nitrogens with zero attached hydrogens (tertiary/aromatic N) is 3. The number of piperidine rings is 2. The number of benzene rings is 2. The van der Waals surface area contributed by atoms with Crippen LogP contribution in [0.4, 0.5) is 4.39 Å². The van der Waals surface area contributed by atoms with Gasteiger partial charge in [-0.15, -0.1) is 0 Å². The molecule has 5 aliphatic heterocycles. The Balaban J connectivity index is 1.07. The molecule has 8 rings (SSSR count). The summed E-state index contributed by atoms with van der Waals surface area (Å²) in [4.78, 5) is 81.9. The zero-order chi connectivity index (χ0) is 30.0. The predicted octanol–water partition coefficient (Wildman–Crippen LogP) is 2.68. The SMILES string of the molecule is O=C1CCC(N2C(=O)c3ccc(C(=O)N4C5CC4CN(C(=O)C4=C(c6ccc(F)cc6)CCCC4)C5)cc3C2=O)C(=O)N1. The maximum Gasteiger partial charge on any atom is 0.262 e. The number of piperazine rings is 1. The van der Waals surface area contributed by atoms with Gasteiger partial charge in [-0.3, -0.25) is 39.0 Å². The van der Waals surface area contributed by atoms with Gasteiger partial charge in [-0.05, 0) is 80.0 Å². The van der Waals surface area contributed by atoms with Gasteiger partial charge >= 0.3 is 0 Å². The zero-order valence-electron chi connectivity index (χ0n) is 23.3. The standard InChI is InChI=1S/C32H29FN4O6/c33-19-8-5-17(6-9-19)22-3-1-2-4-23(22)30(41)35-15-20-14-21(16-35)36(20)29(40)18-7-10-24-25(13-18)32(43)37(31(24)42)26-11-12-27(38)34-28(26)39/h5-10,13,20-21,26H,1-4,11-12,14-16H2,(H,34,38,39). The molecule has 11 heteroatoms. The van der Waals surface area contributed by atoms with Gasteiger partial charge in [0.15, 0.2) is 0 Å². The number of carbonyl (C=O) groups excluding carboxylic acids is 6. The maximum absolute atomic E-state index is 13.7. The molecular formula is C32H29FN4O6. The van der Waals surface area contributed by atoms with Crippen molar-refractivity contribution in [3.8, 4) is 0 Å². The molecule has 4 fully saturated rings. The van der Waals surface area contributed by atoms with Crippen molar-refractivity contribution in [2.24, 2.45) is 0 Å². The van der Waals surface area contributed by atoms with Crippen molar-refractivity contribution < 1.29 is 33.2 Å². The van der Waals surface area contributed by atoms with Crippen molar-refractivity contribution in [2.45, 2.75) is 63.1 Å². The lowest BCUT2D eigenvalue weighted by atomic mass is 9.83. The highest BCUT2D eigenvalue weighted by atomic mass is 19.1. The molecular weight excluding hydrogens is 555 g/mol. The average Bonchev–Trinajstić information content (AvgIpc) is 3.25. The van der Waals surface area contributed by atoms with Crippen molar-refractivity contribution in [2.75, 3.05) is 13.1 Å². The summed E-state index contributed by atoms with van der Waals surface area (Å²) in [6.07, 6.45) is 4.16. The third-order valence-corrected chi connectivity index (χ3v) is 9.32. The zero-order valence-corrected chi connectivity index (χ0v) is 23.3. The van der Waals surface area contributed by atoms with E-state index < -0.39 is 29.7 Å². The van der Waals surface area contributed by atoms with Gasteiger partial charge in [0.05, 0.1) is 23.2 Å². The molecule has 43 heavy (non-hydrogen) atoms. The van der Waals surface area contributed by atoms with E-state index in [0.29, 0.717) is 19.5 Å². The minimum atomic E-state index is -1.08. The molecule has 2 bridgehead atoms. The Labute approximate surface area is 246 Å². The number of hydrogen-bond donors (Lipinski definition) is 1. The van der Waals surface area contributed by atoms with Gasteiger partial charge in [0.25, 0.3) is 17.7 Å². The first-order valence-corrected chi connectivity index (χ1v) is 14.7. The number of hydrogen-bond acceptors (Lipinski definition) is 6. The fraction of sp³-hybridized carbons (Fsp3) is 0.375. The monoisotopic (exact) mass is 584 g/mol. The molecule has 3 unspecified atom stereocenters. The van der Waals surface area contributed by atoms with E-state index in [-0.39, 0.29) is 59.2 Å². The molecule has 5 heterocycles. The number of amides is 6. The number of carbonyl (C=O) groups is 6. The molecule has 1 N–H and O–H groups in total. The molecule has 220 valence electrons. The summed E-state index contributed by atoms with van der Waals surface area (Å²) in [7, 11) is 0. The molecule has 4 saturated heterocycles. The molecule has 0 radical (unpaired) electrons. The normalized spacial score (nSPS) is 25.0. The Hall–Kier alpha value is -4.67. The maximum atomic E-state index is 13.7. The fourth-order valence-corrected chi connectivity index (χ4v) is 7.16. The molecule has 10 nitrogen and oxygen atoms in total. The Morgan fingerprint density at radius 2 is 1.51 bits per heavy atom. The topological polar surface area (TPSA) is 124 Å². The summed E-state index contributed by atoms with van der Waals surface area (Å²) in [5.41, 5.74) is 3.02. The fourth-order valence-electron chi connectivity index (χ4n) is 7.16. The van der Waals surface area contributed by atoms with Crippen LogP contribution in [0.1, 0.15) is 81.6 Å². The number of fused-ring (bicyclic) bond motifs is 3. The summed E-state index contributed by atoms with van der Waals surface area (Å²) in [5, 5.41) is 2.17. The minimum Gasteiger partial charge on any atom is -0.335 e. The van der Waals surface area contributed by atoms with Gasteiger partial charge in [-0.25, -0.2) is 4.39 Å². The number of nitrogens with one attached hydrogen (secondary N) is 1. The van der Waals surface area contributed by atoms with Gasteiger partial charge in [0.2, 0.25) is 17.7 Å². The van der Waals surface area contributed by atoms with E-state index in [1.54, 1.807) is 17.0 Å². The number of rotatable bonds is 4. The van der Waals surface area contributed by atoms with Crippen LogP contribution in [-0.4, -0.2) is 81.4 Å². The quantitative estimate of drug-likeness (QED) is 0.552. The lowest BCUT2D eigenvalue weighted by molar-refractivity contribution is -0.137. The lowest BCUT2D eigenvalue weighted by Gasteiger charge is -2.56. The van der Waals surface area contributed by atoms with Crippen LogP contribution in [0.15, 0.2) is 48.0 Å². The van der Waals surface area contributed by atoms with E-state index >= 15 is 0 Å². The molecule has 0 saturated carbocycles. The summed E-state index contributed by atoms with van der Waals surface area (Å²) >= 11 is 0. The molecule has 1 aliphatic carbocycles. The van der Waals surface area contributed by atoms with Gasteiger partial charge < -0.3 is 9.80 Å². The van der Waals surface area contributed by atoms with E-state index in [0.717, 1.165) is 47.3 Å². The first-order valence-electron chi connectivity index (χ1n) is 14.7. The van der Waals surface area contributed by atoms with E-state index in [1.165, 1.54) is 30.3 Å². The summed E-state index contributed by atoms with van der Waals surface area (Å²) in [6.45, 7) is 0.792. The van der Waals surface area contributed by atoms with Crippen LogP contribution in [0.2, 0.25) is 0 Å².